The van der Waals surface area contributed by atoms with E-state index in [1.807, 2.05) is 92.0 Å². The summed E-state index contributed by atoms with van der Waals surface area (Å²) >= 11 is 5.08. The van der Waals surface area contributed by atoms with E-state index in [0.29, 0.717) is 36.9 Å². The Labute approximate surface area is 270 Å². The Morgan fingerprint density at radius 1 is 0.750 bits per heavy atom. The predicted octanol–water partition coefficient (Wildman–Crippen LogP) is 8.72. The molecule has 5 rings (SSSR count). The molecule has 0 spiro atoms. The number of hydrogen-bond donors (Lipinski definition) is 2. The summed E-state index contributed by atoms with van der Waals surface area (Å²) in [6.45, 7) is 5.43. The Balaban J connectivity index is 0.000000201. The molecule has 0 atom stereocenters. The Morgan fingerprint density at radius 3 is 2.16 bits per heavy atom. The van der Waals surface area contributed by atoms with E-state index in [1.165, 1.54) is 4.88 Å². The normalized spacial score (nSPS) is 10.3. The SMILES string of the molecule is CCOc1ccccc1OC(=O)NCCc1ccc(Br)cc1.Cc1ccc2ccccc2c1OC(=O)NCCc1cccs1. The summed E-state index contributed by atoms with van der Waals surface area (Å²) in [7, 11) is 0. The summed E-state index contributed by atoms with van der Waals surface area (Å²) in [5.41, 5.74) is 2.10. The number of ether oxygens (including phenoxy) is 3. The van der Waals surface area contributed by atoms with E-state index < -0.39 is 12.2 Å². The first-order valence-electron chi connectivity index (χ1n) is 14.3. The van der Waals surface area contributed by atoms with Crippen LogP contribution in [0.5, 0.6) is 17.2 Å². The molecule has 0 radical (unpaired) electrons. The number of carbonyl (C=O) groups is 2. The smallest absolute Gasteiger partial charge is 0.412 e. The predicted molar refractivity (Wildman–Crippen MR) is 180 cm³/mol. The number of amides is 2. The van der Waals surface area contributed by atoms with Crippen LogP contribution >= 0.6 is 27.3 Å². The van der Waals surface area contributed by atoms with Gasteiger partial charge in [-0.15, -0.1) is 11.3 Å². The van der Waals surface area contributed by atoms with E-state index in [4.69, 9.17) is 14.2 Å². The largest absolute Gasteiger partial charge is 0.490 e. The average Bonchev–Trinajstić information content (AvgIpc) is 3.55. The van der Waals surface area contributed by atoms with Crippen LogP contribution in [0.2, 0.25) is 0 Å². The lowest BCUT2D eigenvalue weighted by Crippen LogP contribution is -2.28. The molecule has 9 heteroatoms. The van der Waals surface area contributed by atoms with Crippen molar-refractivity contribution in [2.45, 2.75) is 26.7 Å². The van der Waals surface area contributed by atoms with Gasteiger partial charge in [-0.1, -0.05) is 82.7 Å². The number of hydrogen-bond acceptors (Lipinski definition) is 6. The molecule has 0 saturated carbocycles. The molecule has 4 aromatic carbocycles. The second-order valence-corrected chi connectivity index (χ2v) is 11.6. The molecule has 1 aromatic heterocycles. The number of benzene rings is 4. The van der Waals surface area contributed by atoms with Crippen LogP contribution in [0.3, 0.4) is 0 Å². The maximum Gasteiger partial charge on any atom is 0.412 e. The van der Waals surface area contributed by atoms with E-state index in [9.17, 15) is 9.59 Å². The van der Waals surface area contributed by atoms with Crippen molar-refractivity contribution < 1.29 is 23.8 Å². The Hall–Kier alpha value is -4.34. The van der Waals surface area contributed by atoms with E-state index in [-0.39, 0.29) is 0 Å². The van der Waals surface area contributed by atoms with Crippen LogP contribution in [0.25, 0.3) is 10.8 Å². The van der Waals surface area contributed by atoms with Gasteiger partial charge in [0.2, 0.25) is 0 Å². The minimum atomic E-state index is -0.482. The van der Waals surface area contributed by atoms with Crippen molar-refractivity contribution in [1.82, 2.24) is 10.6 Å². The van der Waals surface area contributed by atoms with Crippen molar-refractivity contribution >= 4 is 50.2 Å². The van der Waals surface area contributed by atoms with E-state index in [2.05, 4.69) is 32.6 Å². The molecule has 2 amide bonds. The third-order valence-electron chi connectivity index (χ3n) is 6.44. The van der Waals surface area contributed by atoms with Gasteiger partial charge in [0, 0.05) is 27.8 Å². The first kappa shape index (κ1) is 32.6. The third kappa shape index (κ3) is 10.1. The van der Waals surface area contributed by atoms with Crippen LogP contribution in [-0.2, 0) is 12.8 Å². The number of nitrogens with one attached hydrogen (secondary N) is 2. The third-order valence-corrected chi connectivity index (χ3v) is 7.90. The molecule has 228 valence electrons. The van der Waals surface area contributed by atoms with Crippen LogP contribution in [0.4, 0.5) is 9.59 Å². The zero-order valence-electron chi connectivity index (χ0n) is 24.7. The Kier molecular flexibility index (Phi) is 12.6. The first-order chi connectivity index (χ1) is 21.4. The lowest BCUT2D eigenvalue weighted by molar-refractivity contribution is 0.197. The van der Waals surface area contributed by atoms with E-state index >= 15 is 0 Å². The lowest BCUT2D eigenvalue weighted by atomic mass is 10.1. The highest BCUT2D eigenvalue weighted by Crippen LogP contribution is 2.29. The van der Waals surface area contributed by atoms with Crippen LogP contribution in [-0.4, -0.2) is 31.9 Å². The molecule has 5 aromatic rings. The molecule has 7 nitrogen and oxygen atoms in total. The molecule has 0 saturated heterocycles. The van der Waals surface area contributed by atoms with Gasteiger partial charge in [0.15, 0.2) is 11.5 Å². The van der Waals surface area contributed by atoms with Gasteiger partial charge in [0.1, 0.15) is 5.75 Å². The fourth-order valence-electron chi connectivity index (χ4n) is 4.26. The summed E-state index contributed by atoms with van der Waals surface area (Å²) in [5, 5.41) is 9.60. The quantitative estimate of drug-likeness (QED) is 0.155. The molecular formula is C35H35BrN2O5S. The fourth-order valence-corrected chi connectivity index (χ4v) is 5.24. The van der Waals surface area contributed by atoms with Crippen molar-refractivity contribution in [3.05, 3.63) is 123 Å². The van der Waals surface area contributed by atoms with Gasteiger partial charge in [-0.05, 0) is 78.9 Å². The fraction of sp³-hybridized carbons (Fsp3) is 0.200. The molecule has 44 heavy (non-hydrogen) atoms. The molecule has 0 fully saturated rings. The van der Waals surface area contributed by atoms with Crippen molar-refractivity contribution in [3.63, 3.8) is 0 Å². The van der Waals surface area contributed by atoms with Gasteiger partial charge in [-0.2, -0.15) is 0 Å². The lowest BCUT2D eigenvalue weighted by Gasteiger charge is -2.11. The Bertz CT molecular complexity index is 1640. The Morgan fingerprint density at radius 2 is 1.43 bits per heavy atom. The molecular weight excluding hydrogens is 640 g/mol. The number of thiophene rings is 1. The minimum Gasteiger partial charge on any atom is -0.490 e. The zero-order chi connectivity index (χ0) is 31.1. The summed E-state index contributed by atoms with van der Waals surface area (Å²) < 4.78 is 17.3. The van der Waals surface area contributed by atoms with E-state index in [1.54, 1.807) is 29.5 Å². The number of aryl methyl sites for hydroxylation is 1. The van der Waals surface area contributed by atoms with Crippen molar-refractivity contribution in [2.24, 2.45) is 0 Å². The first-order valence-corrected chi connectivity index (χ1v) is 16.0. The highest BCUT2D eigenvalue weighted by molar-refractivity contribution is 9.10. The van der Waals surface area contributed by atoms with Crippen LogP contribution in [0.15, 0.2) is 107 Å². The maximum absolute atomic E-state index is 12.0. The molecule has 0 aliphatic rings. The molecule has 0 aliphatic heterocycles. The summed E-state index contributed by atoms with van der Waals surface area (Å²) in [4.78, 5) is 25.1. The number of halogens is 1. The number of para-hydroxylation sites is 2. The second kappa shape index (κ2) is 17.1. The van der Waals surface area contributed by atoms with Crippen molar-refractivity contribution in [1.29, 1.82) is 0 Å². The average molecular weight is 676 g/mol. The van der Waals surface area contributed by atoms with Crippen LogP contribution in [0.1, 0.15) is 22.9 Å². The van der Waals surface area contributed by atoms with Crippen molar-refractivity contribution in [2.75, 3.05) is 19.7 Å². The molecule has 0 aliphatic carbocycles. The summed E-state index contributed by atoms with van der Waals surface area (Å²) in [6, 6.07) is 31.1. The number of carbonyl (C=O) groups excluding carboxylic acids is 2. The number of fused-ring (bicyclic) bond motifs is 1. The maximum atomic E-state index is 12.0. The van der Waals surface area contributed by atoms with Gasteiger partial charge >= 0.3 is 12.2 Å². The molecule has 2 N–H and O–H groups in total. The van der Waals surface area contributed by atoms with E-state index in [0.717, 1.165) is 39.2 Å². The van der Waals surface area contributed by atoms with Crippen molar-refractivity contribution in [3.8, 4) is 17.2 Å². The summed E-state index contributed by atoms with van der Waals surface area (Å²) in [6.07, 6.45) is 0.678. The highest BCUT2D eigenvalue weighted by atomic mass is 79.9. The topological polar surface area (TPSA) is 85.9 Å². The van der Waals surface area contributed by atoms with Crippen LogP contribution in [0, 0.1) is 6.92 Å². The molecule has 1 heterocycles. The van der Waals surface area contributed by atoms with Gasteiger partial charge in [0.25, 0.3) is 0 Å². The van der Waals surface area contributed by atoms with Gasteiger partial charge < -0.3 is 24.8 Å². The monoisotopic (exact) mass is 674 g/mol. The molecule has 0 bridgehead atoms. The zero-order valence-corrected chi connectivity index (χ0v) is 27.1. The van der Waals surface area contributed by atoms with Gasteiger partial charge in [-0.25, -0.2) is 9.59 Å². The minimum absolute atomic E-state index is 0.406. The van der Waals surface area contributed by atoms with Crippen LogP contribution < -0.4 is 24.8 Å². The van der Waals surface area contributed by atoms with Gasteiger partial charge in [-0.3, -0.25) is 0 Å². The number of rotatable bonds is 10. The second-order valence-electron chi connectivity index (χ2n) is 9.65. The van der Waals surface area contributed by atoms with Gasteiger partial charge in [0.05, 0.1) is 6.61 Å². The molecule has 0 unspecified atom stereocenters. The standard InChI is InChI=1S/C18H17NO2S.C17H18BrNO3/c1-13-8-9-14-5-2-3-7-16(14)17(13)21-18(20)19-11-10-15-6-4-12-22-15;1-2-21-15-5-3-4-6-16(15)22-17(20)19-12-11-13-7-9-14(18)10-8-13/h2-9,12H,10-11H2,1H3,(H,19,20);3-10H,2,11-12H2,1H3,(H,19,20). The summed E-state index contributed by atoms with van der Waals surface area (Å²) in [5.74, 6) is 1.62. The highest BCUT2D eigenvalue weighted by Gasteiger charge is 2.11.